The van der Waals surface area contributed by atoms with E-state index in [1.54, 1.807) is 12.3 Å². The lowest BCUT2D eigenvalue weighted by Gasteiger charge is -2.04. The number of H-pyrrole nitrogens is 1. The minimum atomic E-state index is -0.167. The van der Waals surface area contributed by atoms with Crippen molar-refractivity contribution in [2.24, 2.45) is 5.73 Å². The number of aromatic nitrogens is 1. The van der Waals surface area contributed by atoms with E-state index in [1.165, 1.54) is 0 Å². The fourth-order valence-corrected chi connectivity index (χ4v) is 1.10. The Hall–Kier alpha value is -0.930. The van der Waals surface area contributed by atoms with Crippen LogP contribution < -0.4 is 5.73 Å². The fraction of sp³-hybridized carbons (Fsp3) is 0.125. The number of nitrogens with one attached hydrogen (secondary N) is 1. The van der Waals surface area contributed by atoms with Crippen molar-refractivity contribution in [1.29, 1.82) is 0 Å². The molecule has 3 N–H and O–H groups in total. The first-order valence-corrected chi connectivity index (χ1v) is 3.72. The molecule has 0 fully saturated rings. The van der Waals surface area contributed by atoms with Gasteiger partial charge < -0.3 is 10.7 Å². The number of hydrogen-bond donors (Lipinski definition) is 2. The summed E-state index contributed by atoms with van der Waals surface area (Å²) in [5.74, 6) is 0. The van der Waals surface area contributed by atoms with E-state index in [2.05, 4.69) is 11.6 Å². The summed E-state index contributed by atoms with van der Waals surface area (Å²) in [5, 5.41) is 0. The van der Waals surface area contributed by atoms with Crippen LogP contribution in [0.3, 0.4) is 0 Å². The molecule has 11 heavy (non-hydrogen) atoms. The van der Waals surface area contributed by atoms with Gasteiger partial charge in [-0.05, 0) is 6.07 Å². The van der Waals surface area contributed by atoms with Crippen molar-refractivity contribution >= 4 is 12.2 Å². The average Bonchev–Trinajstić information content (AvgIpc) is 2.04. The third kappa shape index (κ3) is 1.76. The maximum Gasteiger partial charge on any atom is 0.108 e. The topological polar surface area (TPSA) is 41.8 Å². The molecular weight excluding hydrogens is 156 g/mol. The van der Waals surface area contributed by atoms with Crippen molar-refractivity contribution in [2.45, 2.75) is 6.04 Å². The van der Waals surface area contributed by atoms with Gasteiger partial charge in [-0.1, -0.05) is 24.4 Å². The van der Waals surface area contributed by atoms with Crippen LogP contribution in [0.2, 0.25) is 0 Å². The Bertz CT molecular complexity index is 303. The van der Waals surface area contributed by atoms with Gasteiger partial charge in [0.1, 0.15) is 4.64 Å². The number of rotatable bonds is 2. The Labute approximate surface area is 70.8 Å². The molecule has 0 aromatic carbocycles. The lowest BCUT2D eigenvalue weighted by molar-refractivity contribution is 0.898. The second-order valence-corrected chi connectivity index (χ2v) is 2.62. The lowest BCUT2D eigenvalue weighted by atomic mass is 10.1. The van der Waals surface area contributed by atoms with Gasteiger partial charge >= 0.3 is 0 Å². The molecule has 2 nitrogen and oxygen atoms in total. The summed E-state index contributed by atoms with van der Waals surface area (Å²) in [6, 6.07) is 3.60. The van der Waals surface area contributed by atoms with Gasteiger partial charge in [-0.25, -0.2) is 0 Å². The second kappa shape index (κ2) is 3.46. The molecule has 1 aromatic heterocycles. The van der Waals surface area contributed by atoms with E-state index in [-0.39, 0.29) is 6.04 Å². The predicted molar refractivity (Wildman–Crippen MR) is 48.8 cm³/mol. The number of nitrogens with two attached hydrogens (primary N) is 1. The lowest BCUT2D eigenvalue weighted by Crippen LogP contribution is -2.07. The van der Waals surface area contributed by atoms with Crippen LogP contribution in [-0.2, 0) is 0 Å². The predicted octanol–water partition coefficient (Wildman–Crippen LogP) is 1.93. The standard InChI is InChI=1S/C8H10N2S/c1-2-7(9)6-4-3-5-10-8(6)11/h2-5,7H,1,9H2,(H,10,11). The van der Waals surface area contributed by atoms with Crippen molar-refractivity contribution in [3.63, 3.8) is 0 Å². The normalized spacial score (nSPS) is 12.5. The molecule has 1 rings (SSSR count). The third-order valence-electron chi connectivity index (χ3n) is 1.46. The summed E-state index contributed by atoms with van der Waals surface area (Å²) in [4.78, 5) is 2.90. The summed E-state index contributed by atoms with van der Waals surface area (Å²) in [5.41, 5.74) is 6.60. The van der Waals surface area contributed by atoms with E-state index >= 15 is 0 Å². The summed E-state index contributed by atoms with van der Waals surface area (Å²) >= 11 is 5.01. The van der Waals surface area contributed by atoms with Crippen molar-refractivity contribution in [2.75, 3.05) is 0 Å². The Morgan fingerprint density at radius 3 is 3.00 bits per heavy atom. The maximum atomic E-state index is 5.69. The number of pyridine rings is 1. The Morgan fingerprint density at radius 1 is 1.73 bits per heavy atom. The van der Waals surface area contributed by atoms with Crippen LogP contribution in [0.15, 0.2) is 31.0 Å². The first-order chi connectivity index (χ1) is 5.25. The van der Waals surface area contributed by atoms with Crippen molar-refractivity contribution in [3.8, 4) is 0 Å². The third-order valence-corrected chi connectivity index (χ3v) is 1.82. The molecular formula is C8H10N2S. The Morgan fingerprint density at radius 2 is 2.45 bits per heavy atom. The smallest absolute Gasteiger partial charge is 0.108 e. The molecule has 1 atom stereocenters. The maximum absolute atomic E-state index is 5.69. The molecule has 0 aliphatic rings. The Kier molecular flexibility index (Phi) is 2.57. The van der Waals surface area contributed by atoms with E-state index in [1.807, 2.05) is 12.1 Å². The van der Waals surface area contributed by atoms with Gasteiger partial charge in [0.25, 0.3) is 0 Å². The minimum absolute atomic E-state index is 0.167. The molecule has 0 bridgehead atoms. The van der Waals surface area contributed by atoms with Crippen LogP contribution >= 0.6 is 12.2 Å². The van der Waals surface area contributed by atoms with E-state index < -0.39 is 0 Å². The quantitative estimate of drug-likeness (QED) is 0.520. The molecule has 0 saturated carbocycles. The summed E-state index contributed by atoms with van der Waals surface area (Å²) in [6.45, 7) is 3.59. The zero-order valence-electron chi connectivity index (χ0n) is 6.08. The minimum Gasteiger partial charge on any atom is -0.353 e. The fourth-order valence-electron chi connectivity index (χ4n) is 0.824. The summed E-state index contributed by atoms with van der Waals surface area (Å²) in [7, 11) is 0. The van der Waals surface area contributed by atoms with Crippen LogP contribution in [0.4, 0.5) is 0 Å². The zero-order chi connectivity index (χ0) is 8.27. The van der Waals surface area contributed by atoms with Gasteiger partial charge in [0.05, 0.1) is 6.04 Å². The SMILES string of the molecule is C=CC(N)c1ccc[nH]c1=S. The molecule has 0 saturated heterocycles. The molecule has 0 radical (unpaired) electrons. The highest BCUT2D eigenvalue weighted by Crippen LogP contribution is 2.09. The monoisotopic (exact) mass is 166 g/mol. The van der Waals surface area contributed by atoms with Crippen LogP contribution in [0.25, 0.3) is 0 Å². The largest absolute Gasteiger partial charge is 0.353 e. The number of aromatic amines is 1. The van der Waals surface area contributed by atoms with E-state index in [0.717, 1.165) is 5.56 Å². The van der Waals surface area contributed by atoms with Crippen LogP contribution in [0, 0.1) is 4.64 Å². The highest BCUT2D eigenvalue weighted by molar-refractivity contribution is 7.71. The molecule has 58 valence electrons. The van der Waals surface area contributed by atoms with Gasteiger partial charge in [-0.3, -0.25) is 0 Å². The van der Waals surface area contributed by atoms with Crippen molar-refractivity contribution < 1.29 is 0 Å². The molecule has 0 spiro atoms. The van der Waals surface area contributed by atoms with Crippen LogP contribution in [0.1, 0.15) is 11.6 Å². The van der Waals surface area contributed by atoms with E-state index in [4.69, 9.17) is 18.0 Å². The number of hydrogen-bond acceptors (Lipinski definition) is 2. The summed E-state index contributed by atoms with van der Waals surface area (Å²) in [6.07, 6.45) is 3.45. The van der Waals surface area contributed by atoms with Gasteiger partial charge in [0.15, 0.2) is 0 Å². The average molecular weight is 166 g/mol. The second-order valence-electron chi connectivity index (χ2n) is 2.22. The molecule has 1 unspecified atom stereocenters. The van der Waals surface area contributed by atoms with Gasteiger partial charge in [0.2, 0.25) is 0 Å². The van der Waals surface area contributed by atoms with E-state index in [9.17, 15) is 0 Å². The highest BCUT2D eigenvalue weighted by Gasteiger charge is 2.00. The summed E-state index contributed by atoms with van der Waals surface area (Å²) < 4.78 is 0.680. The van der Waals surface area contributed by atoms with Crippen LogP contribution in [0.5, 0.6) is 0 Å². The Balaban J connectivity index is 3.13. The molecule has 3 heteroatoms. The van der Waals surface area contributed by atoms with E-state index in [0.29, 0.717) is 4.64 Å². The molecule has 0 aliphatic carbocycles. The van der Waals surface area contributed by atoms with Crippen molar-refractivity contribution in [1.82, 2.24) is 4.98 Å². The van der Waals surface area contributed by atoms with Gasteiger partial charge in [0, 0.05) is 11.8 Å². The molecule has 1 heterocycles. The zero-order valence-corrected chi connectivity index (χ0v) is 6.90. The van der Waals surface area contributed by atoms with Crippen LogP contribution in [-0.4, -0.2) is 4.98 Å². The van der Waals surface area contributed by atoms with Gasteiger partial charge in [-0.2, -0.15) is 0 Å². The highest BCUT2D eigenvalue weighted by atomic mass is 32.1. The molecule has 0 amide bonds. The molecule has 1 aromatic rings. The first-order valence-electron chi connectivity index (χ1n) is 3.31. The first kappa shape index (κ1) is 8.17. The molecule has 0 aliphatic heterocycles. The van der Waals surface area contributed by atoms with Crippen molar-refractivity contribution in [3.05, 3.63) is 41.2 Å². The van der Waals surface area contributed by atoms with Gasteiger partial charge in [-0.15, -0.1) is 6.58 Å².